The van der Waals surface area contributed by atoms with E-state index in [-0.39, 0.29) is 0 Å². The topological polar surface area (TPSA) is 68.5 Å². The maximum absolute atomic E-state index is 4.49. The molecule has 4 rings (SSSR count). The van der Waals surface area contributed by atoms with Gasteiger partial charge in [0.1, 0.15) is 6.33 Å². The molecule has 3 heterocycles. The van der Waals surface area contributed by atoms with Crippen molar-refractivity contribution < 1.29 is 0 Å². The van der Waals surface area contributed by atoms with Gasteiger partial charge in [-0.3, -0.25) is 9.97 Å². The molecule has 0 unspecified atom stereocenters. The molecule has 6 nitrogen and oxygen atoms in total. The summed E-state index contributed by atoms with van der Waals surface area (Å²) in [4.78, 5) is 8.78. The average molecular weight is 316 g/mol. The Balaban J connectivity index is 1.59. The summed E-state index contributed by atoms with van der Waals surface area (Å²) in [7, 11) is 1.91. The highest BCUT2D eigenvalue weighted by Crippen LogP contribution is 2.21. The maximum atomic E-state index is 4.49. The number of rotatable bonds is 4. The lowest BCUT2D eigenvalue weighted by Gasteiger charge is -2.09. The van der Waals surface area contributed by atoms with Crippen molar-refractivity contribution in [3.63, 3.8) is 0 Å². The third-order valence-corrected chi connectivity index (χ3v) is 3.91. The van der Waals surface area contributed by atoms with E-state index in [1.54, 1.807) is 18.7 Å². The van der Waals surface area contributed by atoms with Crippen molar-refractivity contribution >= 4 is 16.6 Å². The first-order valence-electron chi connectivity index (χ1n) is 7.67. The molecule has 0 saturated heterocycles. The van der Waals surface area contributed by atoms with Crippen molar-refractivity contribution in [3.05, 3.63) is 66.9 Å². The number of aryl methyl sites for hydroxylation is 1. The number of para-hydroxylation sites is 1. The Morgan fingerprint density at radius 2 is 2.04 bits per heavy atom. The highest BCUT2D eigenvalue weighted by molar-refractivity contribution is 5.81. The summed E-state index contributed by atoms with van der Waals surface area (Å²) >= 11 is 0. The number of nitrogens with one attached hydrogen (secondary N) is 1. The summed E-state index contributed by atoms with van der Waals surface area (Å²) in [6, 6.07) is 12.3. The number of nitrogens with zero attached hydrogens (tertiary/aromatic N) is 5. The van der Waals surface area contributed by atoms with Gasteiger partial charge < -0.3 is 9.88 Å². The van der Waals surface area contributed by atoms with E-state index < -0.39 is 0 Å². The van der Waals surface area contributed by atoms with Gasteiger partial charge in [0.15, 0.2) is 5.82 Å². The average Bonchev–Trinajstić information content (AvgIpc) is 3.06. The normalized spacial score (nSPS) is 10.9. The molecule has 3 aromatic heterocycles. The van der Waals surface area contributed by atoms with Crippen LogP contribution in [0.4, 0.5) is 5.69 Å². The van der Waals surface area contributed by atoms with Crippen molar-refractivity contribution in [2.24, 2.45) is 7.05 Å². The van der Waals surface area contributed by atoms with E-state index >= 15 is 0 Å². The zero-order chi connectivity index (χ0) is 16.4. The standard InChI is InChI=1S/C18H16N6/c1-24-12-22-23-18(24)15-8-16(11-19-9-15)21-10-14-5-2-4-13-6-3-7-20-17(13)14/h2-9,11-12,21H,10H2,1H3. The Bertz CT molecular complexity index is 986. The van der Waals surface area contributed by atoms with Gasteiger partial charge in [-0.2, -0.15) is 0 Å². The predicted molar refractivity (Wildman–Crippen MR) is 93.3 cm³/mol. The first kappa shape index (κ1) is 14.3. The first-order valence-corrected chi connectivity index (χ1v) is 7.67. The second-order valence-electron chi connectivity index (χ2n) is 5.57. The van der Waals surface area contributed by atoms with E-state index in [4.69, 9.17) is 0 Å². The van der Waals surface area contributed by atoms with E-state index in [1.807, 2.05) is 29.9 Å². The zero-order valence-electron chi connectivity index (χ0n) is 13.2. The molecule has 6 heteroatoms. The monoisotopic (exact) mass is 316 g/mol. The number of pyridine rings is 2. The van der Waals surface area contributed by atoms with Gasteiger partial charge in [-0.15, -0.1) is 10.2 Å². The molecule has 0 amide bonds. The van der Waals surface area contributed by atoms with Crippen molar-refractivity contribution in [1.29, 1.82) is 0 Å². The molecule has 0 saturated carbocycles. The van der Waals surface area contributed by atoms with Gasteiger partial charge in [0.25, 0.3) is 0 Å². The van der Waals surface area contributed by atoms with Crippen LogP contribution in [0.5, 0.6) is 0 Å². The molecule has 0 spiro atoms. The lowest BCUT2D eigenvalue weighted by molar-refractivity contribution is 0.918. The molecule has 1 aromatic carbocycles. The van der Waals surface area contributed by atoms with Crippen LogP contribution in [-0.4, -0.2) is 24.7 Å². The van der Waals surface area contributed by atoms with E-state index in [9.17, 15) is 0 Å². The molecule has 0 fully saturated rings. The molecule has 1 N–H and O–H groups in total. The summed E-state index contributed by atoms with van der Waals surface area (Å²) < 4.78 is 1.87. The summed E-state index contributed by atoms with van der Waals surface area (Å²) in [5.41, 5.74) is 4.03. The maximum Gasteiger partial charge on any atom is 0.165 e. The molecular weight excluding hydrogens is 300 g/mol. The van der Waals surface area contributed by atoms with Gasteiger partial charge in [-0.05, 0) is 17.7 Å². The lowest BCUT2D eigenvalue weighted by Crippen LogP contribution is -2.02. The predicted octanol–water partition coefficient (Wildman–Crippen LogP) is 3.04. The Labute approximate surface area is 139 Å². The third kappa shape index (κ3) is 2.69. The van der Waals surface area contributed by atoms with Crippen LogP contribution in [0.1, 0.15) is 5.56 Å². The Morgan fingerprint density at radius 1 is 1.12 bits per heavy atom. The van der Waals surface area contributed by atoms with Gasteiger partial charge in [0, 0.05) is 43.1 Å². The van der Waals surface area contributed by atoms with Crippen molar-refractivity contribution in [3.8, 4) is 11.4 Å². The molecular formula is C18H16N6. The number of aromatic nitrogens is 5. The quantitative estimate of drug-likeness (QED) is 0.627. The van der Waals surface area contributed by atoms with Crippen molar-refractivity contribution in [2.75, 3.05) is 5.32 Å². The van der Waals surface area contributed by atoms with Gasteiger partial charge >= 0.3 is 0 Å². The van der Waals surface area contributed by atoms with E-state index in [0.717, 1.165) is 33.5 Å². The van der Waals surface area contributed by atoms with Crippen LogP contribution in [0.3, 0.4) is 0 Å². The summed E-state index contributed by atoms with van der Waals surface area (Å²) in [6.07, 6.45) is 7.09. The highest BCUT2D eigenvalue weighted by Gasteiger charge is 2.07. The highest BCUT2D eigenvalue weighted by atomic mass is 15.2. The van der Waals surface area contributed by atoms with Crippen molar-refractivity contribution in [2.45, 2.75) is 6.54 Å². The number of hydrogen-bond donors (Lipinski definition) is 1. The Hall–Kier alpha value is -3.28. The van der Waals surface area contributed by atoms with E-state index in [0.29, 0.717) is 6.54 Å². The van der Waals surface area contributed by atoms with Gasteiger partial charge in [0.05, 0.1) is 11.2 Å². The smallest absolute Gasteiger partial charge is 0.165 e. The molecule has 0 atom stereocenters. The summed E-state index contributed by atoms with van der Waals surface area (Å²) in [6.45, 7) is 0.679. The van der Waals surface area contributed by atoms with Crippen LogP contribution in [0.2, 0.25) is 0 Å². The molecule has 118 valence electrons. The fraction of sp³-hybridized carbons (Fsp3) is 0.111. The fourth-order valence-electron chi connectivity index (χ4n) is 2.71. The summed E-state index contributed by atoms with van der Waals surface area (Å²) in [5.74, 6) is 0.790. The largest absolute Gasteiger partial charge is 0.380 e. The summed E-state index contributed by atoms with van der Waals surface area (Å²) in [5, 5.41) is 12.6. The van der Waals surface area contributed by atoms with Gasteiger partial charge in [0.2, 0.25) is 0 Å². The van der Waals surface area contributed by atoms with Crippen LogP contribution in [0, 0.1) is 0 Å². The van der Waals surface area contributed by atoms with Crippen LogP contribution in [0.25, 0.3) is 22.3 Å². The second kappa shape index (κ2) is 6.08. The molecule has 4 aromatic rings. The number of fused-ring (bicyclic) bond motifs is 1. The van der Waals surface area contributed by atoms with E-state index in [1.165, 1.54) is 0 Å². The molecule has 0 aliphatic rings. The molecule has 0 aliphatic carbocycles. The van der Waals surface area contributed by atoms with Crippen molar-refractivity contribution in [1.82, 2.24) is 24.7 Å². The SMILES string of the molecule is Cn1cnnc1-c1cncc(NCc2cccc3cccnc23)c1. The molecule has 0 aliphatic heterocycles. The second-order valence-corrected chi connectivity index (χ2v) is 5.57. The Morgan fingerprint density at radius 3 is 2.92 bits per heavy atom. The number of benzene rings is 1. The molecule has 24 heavy (non-hydrogen) atoms. The fourth-order valence-corrected chi connectivity index (χ4v) is 2.71. The van der Waals surface area contributed by atoms with Crippen LogP contribution in [0.15, 0.2) is 61.3 Å². The first-order chi connectivity index (χ1) is 11.8. The minimum absolute atomic E-state index is 0.679. The van der Waals surface area contributed by atoms with Gasteiger partial charge in [-0.1, -0.05) is 24.3 Å². The van der Waals surface area contributed by atoms with Crippen LogP contribution >= 0.6 is 0 Å². The lowest BCUT2D eigenvalue weighted by atomic mass is 10.1. The van der Waals surface area contributed by atoms with Gasteiger partial charge in [-0.25, -0.2) is 0 Å². The third-order valence-electron chi connectivity index (χ3n) is 3.91. The van der Waals surface area contributed by atoms with Crippen LogP contribution < -0.4 is 5.32 Å². The zero-order valence-corrected chi connectivity index (χ0v) is 13.2. The Kier molecular flexibility index (Phi) is 3.63. The number of anilines is 1. The number of hydrogen-bond acceptors (Lipinski definition) is 5. The van der Waals surface area contributed by atoms with Crippen LogP contribution in [-0.2, 0) is 13.6 Å². The van der Waals surface area contributed by atoms with E-state index in [2.05, 4.69) is 49.7 Å². The minimum Gasteiger partial charge on any atom is -0.380 e. The molecule has 0 bridgehead atoms. The minimum atomic E-state index is 0.679. The molecule has 0 radical (unpaired) electrons.